The van der Waals surface area contributed by atoms with Gasteiger partial charge < -0.3 is 4.98 Å². The summed E-state index contributed by atoms with van der Waals surface area (Å²) in [6, 6.07) is 6.08. The molecule has 2 rings (SSSR count). The number of H-pyrrole nitrogens is 1. The van der Waals surface area contributed by atoms with Gasteiger partial charge in [0.1, 0.15) is 0 Å². The highest BCUT2D eigenvalue weighted by molar-refractivity contribution is 5.94. The number of hydrogen-bond donors (Lipinski definition) is 1. The van der Waals surface area contributed by atoms with Crippen LogP contribution in [0.25, 0.3) is 11.0 Å². The highest BCUT2D eigenvalue weighted by Crippen LogP contribution is 2.25. The van der Waals surface area contributed by atoms with Gasteiger partial charge >= 0.3 is 0 Å². The number of benzene rings is 1. The molecule has 0 saturated heterocycles. The van der Waals surface area contributed by atoms with Crippen LogP contribution < -0.4 is 0 Å². The Kier molecular flexibility index (Phi) is 2.34. The first-order valence-corrected chi connectivity index (χ1v) is 5.39. The van der Waals surface area contributed by atoms with Crippen LogP contribution >= 0.6 is 0 Å². The highest BCUT2D eigenvalue weighted by Gasteiger charge is 2.15. The molecule has 0 amide bonds. The SMILES string of the molecule is CC(=O)c1nc2ccc(C(C)(C)C)cc2[nH]1. The molecule has 16 heavy (non-hydrogen) atoms. The van der Waals surface area contributed by atoms with Crippen molar-refractivity contribution in [2.24, 2.45) is 0 Å². The van der Waals surface area contributed by atoms with Crippen LogP contribution in [0.4, 0.5) is 0 Å². The van der Waals surface area contributed by atoms with Crippen LogP contribution in [0.5, 0.6) is 0 Å². The van der Waals surface area contributed by atoms with E-state index < -0.39 is 0 Å². The number of hydrogen-bond acceptors (Lipinski definition) is 2. The van der Waals surface area contributed by atoms with Crippen LogP contribution in [0.15, 0.2) is 18.2 Å². The molecule has 0 radical (unpaired) electrons. The van der Waals surface area contributed by atoms with Crippen molar-refractivity contribution in [3.05, 3.63) is 29.6 Å². The van der Waals surface area contributed by atoms with Gasteiger partial charge in [0, 0.05) is 6.92 Å². The lowest BCUT2D eigenvalue weighted by molar-refractivity contribution is 0.100. The Hall–Kier alpha value is -1.64. The maximum absolute atomic E-state index is 11.2. The van der Waals surface area contributed by atoms with Crippen LogP contribution in [-0.4, -0.2) is 15.8 Å². The Morgan fingerprint density at radius 1 is 1.31 bits per heavy atom. The van der Waals surface area contributed by atoms with Crippen LogP contribution in [-0.2, 0) is 5.41 Å². The summed E-state index contributed by atoms with van der Waals surface area (Å²) < 4.78 is 0. The van der Waals surface area contributed by atoms with E-state index in [4.69, 9.17) is 0 Å². The van der Waals surface area contributed by atoms with Crippen molar-refractivity contribution in [3.8, 4) is 0 Å². The van der Waals surface area contributed by atoms with Crippen LogP contribution in [0.2, 0.25) is 0 Å². The first kappa shape index (κ1) is 10.9. The Labute approximate surface area is 94.9 Å². The number of aromatic amines is 1. The average Bonchev–Trinajstić information content (AvgIpc) is 2.58. The number of aromatic nitrogens is 2. The molecule has 3 nitrogen and oxygen atoms in total. The lowest BCUT2D eigenvalue weighted by atomic mass is 9.87. The molecule has 0 unspecified atom stereocenters. The molecule has 0 atom stereocenters. The van der Waals surface area contributed by atoms with Gasteiger partial charge in [0.15, 0.2) is 11.6 Å². The summed E-state index contributed by atoms with van der Waals surface area (Å²) in [6.07, 6.45) is 0. The molecule has 1 aromatic heterocycles. The fourth-order valence-electron chi connectivity index (χ4n) is 1.64. The number of ketones is 1. The molecular weight excluding hydrogens is 200 g/mol. The number of nitrogens with zero attached hydrogens (tertiary/aromatic N) is 1. The third-order valence-corrected chi connectivity index (χ3v) is 2.68. The van der Waals surface area contributed by atoms with E-state index in [1.54, 1.807) is 0 Å². The monoisotopic (exact) mass is 216 g/mol. The molecule has 84 valence electrons. The minimum absolute atomic E-state index is 0.0338. The largest absolute Gasteiger partial charge is 0.335 e. The molecule has 3 heteroatoms. The summed E-state index contributed by atoms with van der Waals surface area (Å²) in [5.41, 5.74) is 3.12. The van der Waals surface area contributed by atoms with Gasteiger partial charge in [-0.25, -0.2) is 4.98 Å². The zero-order valence-electron chi connectivity index (χ0n) is 10.1. The summed E-state index contributed by atoms with van der Waals surface area (Å²) in [6.45, 7) is 8.01. The zero-order chi connectivity index (χ0) is 11.9. The van der Waals surface area contributed by atoms with Gasteiger partial charge in [-0.3, -0.25) is 4.79 Å². The van der Waals surface area contributed by atoms with E-state index in [1.807, 2.05) is 6.07 Å². The zero-order valence-corrected chi connectivity index (χ0v) is 10.1. The summed E-state index contributed by atoms with van der Waals surface area (Å²) in [5, 5.41) is 0. The van der Waals surface area contributed by atoms with Crippen LogP contribution in [0.1, 0.15) is 43.9 Å². The lowest BCUT2D eigenvalue weighted by Crippen LogP contribution is -2.10. The van der Waals surface area contributed by atoms with Gasteiger partial charge in [-0.2, -0.15) is 0 Å². The maximum atomic E-state index is 11.2. The highest BCUT2D eigenvalue weighted by atomic mass is 16.1. The number of fused-ring (bicyclic) bond motifs is 1. The van der Waals surface area contributed by atoms with Crippen LogP contribution in [0.3, 0.4) is 0 Å². The van der Waals surface area contributed by atoms with Gasteiger partial charge in [-0.15, -0.1) is 0 Å². The predicted octanol–water partition coefficient (Wildman–Crippen LogP) is 3.06. The van der Waals surface area contributed by atoms with Crippen molar-refractivity contribution in [3.63, 3.8) is 0 Å². The van der Waals surface area contributed by atoms with Crippen molar-refractivity contribution >= 4 is 16.8 Å². The quantitative estimate of drug-likeness (QED) is 0.744. The van der Waals surface area contributed by atoms with E-state index in [-0.39, 0.29) is 11.2 Å². The number of carbonyl (C=O) groups is 1. The fourth-order valence-corrected chi connectivity index (χ4v) is 1.64. The number of Topliss-reactive ketones (excluding diaryl/α,β-unsaturated/α-hetero) is 1. The van der Waals surface area contributed by atoms with Crippen molar-refractivity contribution in [1.29, 1.82) is 0 Å². The van der Waals surface area contributed by atoms with E-state index in [0.717, 1.165) is 11.0 Å². The van der Waals surface area contributed by atoms with Crippen molar-refractivity contribution in [1.82, 2.24) is 9.97 Å². The summed E-state index contributed by atoms with van der Waals surface area (Å²) in [7, 11) is 0. The average molecular weight is 216 g/mol. The molecule has 0 fully saturated rings. The Balaban J connectivity index is 2.58. The second kappa shape index (κ2) is 3.44. The maximum Gasteiger partial charge on any atom is 0.195 e. The van der Waals surface area contributed by atoms with Gasteiger partial charge in [0.2, 0.25) is 0 Å². The number of carbonyl (C=O) groups excluding carboxylic acids is 1. The molecule has 1 heterocycles. The molecule has 0 aliphatic heterocycles. The molecule has 0 spiro atoms. The van der Waals surface area contributed by atoms with Gasteiger partial charge in [-0.05, 0) is 23.1 Å². The smallest absolute Gasteiger partial charge is 0.195 e. The summed E-state index contributed by atoms with van der Waals surface area (Å²) >= 11 is 0. The topological polar surface area (TPSA) is 45.8 Å². The third-order valence-electron chi connectivity index (χ3n) is 2.68. The third kappa shape index (κ3) is 1.85. The lowest BCUT2D eigenvalue weighted by Gasteiger charge is -2.18. The van der Waals surface area contributed by atoms with Crippen LogP contribution in [0, 0.1) is 0 Å². The van der Waals surface area contributed by atoms with Crippen molar-refractivity contribution < 1.29 is 4.79 Å². The minimum atomic E-state index is -0.0338. The Morgan fingerprint density at radius 2 is 2.00 bits per heavy atom. The van der Waals surface area contributed by atoms with E-state index in [2.05, 4.69) is 42.9 Å². The molecule has 0 aliphatic rings. The van der Waals surface area contributed by atoms with E-state index in [1.165, 1.54) is 12.5 Å². The van der Waals surface area contributed by atoms with Gasteiger partial charge in [0.05, 0.1) is 11.0 Å². The molecule has 0 aliphatic carbocycles. The van der Waals surface area contributed by atoms with Gasteiger partial charge in [0.25, 0.3) is 0 Å². The minimum Gasteiger partial charge on any atom is -0.335 e. The van der Waals surface area contributed by atoms with Gasteiger partial charge in [-0.1, -0.05) is 26.8 Å². The first-order valence-electron chi connectivity index (χ1n) is 5.39. The first-order chi connectivity index (χ1) is 7.38. The summed E-state index contributed by atoms with van der Waals surface area (Å²) in [4.78, 5) is 18.5. The molecule has 1 N–H and O–H groups in total. The van der Waals surface area contributed by atoms with Crippen molar-refractivity contribution in [2.75, 3.05) is 0 Å². The number of nitrogens with one attached hydrogen (secondary N) is 1. The second-order valence-electron chi connectivity index (χ2n) is 5.12. The second-order valence-corrected chi connectivity index (χ2v) is 5.12. The van der Waals surface area contributed by atoms with Crippen molar-refractivity contribution in [2.45, 2.75) is 33.1 Å². The molecular formula is C13H16N2O. The van der Waals surface area contributed by atoms with E-state index >= 15 is 0 Å². The molecule has 0 saturated carbocycles. The molecule has 2 aromatic rings. The summed E-state index contributed by atoms with van der Waals surface area (Å²) in [5.74, 6) is 0.398. The Bertz CT molecular complexity index is 547. The molecule has 1 aromatic carbocycles. The molecule has 0 bridgehead atoms. The number of imidazole rings is 1. The van der Waals surface area contributed by atoms with E-state index in [0.29, 0.717) is 5.82 Å². The Morgan fingerprint density at radius 3 is 2.56 bits per heavy atom. The fraction of sp³-hybridized carbons (Fsp3) is 0.385. The normalized spacial score (nSPS) is 12.0. The number of rotatable bonds is 1. The predicted molar refractivity (Wildman–Crippen MR) is 64.8 cm³/mol. The van der Waals surface area contributed by atoms with E-state index in [9.17, 15) is 4.79 Å². The standard InChI is InChI=1S/C13H16N2O/c1-8(16)12-14-10-6-5-9(13(2,3)4)7-11(10)15-12/h5-7H,1-4H3,(H,14,15).